The van der Waals surface area contributed by atoms with Gasteiger partial charge < -0.3 is 25.2 Å². The van der Waals surface area contributed by atoms with Crippen LogP contribution in [0, 0.1) is 5.92 Å². The van der Waals surface area contributed by atoms with Gasteiger partial charge >= 0.3 is 18.2 Å². The monoisotopic (exact) mass is 492 g/mol. The van der Waals surface area contributed by atoms with Gasteiger partial charge in [-0.2, -0.15) is 13.2 Å². The molecule has 2 amide bonds. The number of hydrogen-bond acceptors (Lipinski definition) is 5. The molecule has 3 N–H and O–H groups in total. The Kier molecular flexibility index (Phi) is 6.97. The number of carbonyl (C=O) groups excluding carboxylic acids is 2. The highest BCUT2D eigenvalue weighted by Gasteiger charge is 2.47. The standard InChI is InChI=1S/C24H23F3N2O6/c25-24(26,27)20(21(30)28-10-14-9-13(11-34-14)22(31)32)29-23(33)35-12-19-17-7-3-1-5-15(17)16-6-2-4-8-18(16)19/h1-8,13-14,19-20H,9-12H2,(H,28,30)(H,29,33)(H,31,32). The SMILES string of the molecule is O=C(NC(C(=O)NCC1CC(C(=O)O)CO1)C(F)(F)F)OCC1c2ccccc2-c2ccccc21. The predicted molar refractivity (Wildman–Crippen MR) is 117 cm³/mol. The van der Waals surface area contributed by atoms with Gasteiger partial charge in [0.15, 0.2) is 0 Å². The predicted octanol–water partition coefficient (Wildman–Crippen LogP) is 3.06. The fourth-order valence-electron chi connectivity index (χ4n) is 4.39. The van der Waals surface area contributed by atoms with Crippen LogP contribution >= 0.6 is 0 Å². The summed E-state index contributed by atoms with van der Waals surface area (Å²) in [7, 11) is 0. The van der Waals surface area contributed by atoms with Gasteiger partial charge in [-0.1, -0.05) is 48.5 Å². The van der Waals surface area contributed by atoms with Crippen LogP contribution in [-0.4, -0.2) is 61.2 Å². The number of benzene rings is 2. The second-order valence-electron chi connectivity index (χ2n) is 8.42. The van der Waals surface area contributed by atoms with E-state index in [4.69, 9.17) is 14.6 Å². The minimum Gasteiger partial charge on any atom is -0.481 e. The van der Waals surface area contributed by atoms with Crippen LogP contribution in [0.2, 0.25) is 0 Å². The fourth-order valence-corrected chi connectivity index (χ4v) is 4.39. The lowest BCUT2D eigenvalue weighted by Crippen LogP contribution is -2.56. The molecule has 186 valence electrons. The molecule has 8 nitrogen and oxygen atoms in total. The van der Waals surface area contributed by atoms with Crippen LogP contribution in [-0.2, 0) is 19.1 Å². The van der Waals surface area contributed by atoms with Crippen LogP contribution in [0.5, 0.6) is 0 Å². The van der Waals surface area contributed by atoms with Gasteiger partial charge in [-0.15, -0.1) is 0 Å². The lowest BCUT2D eigenvalue weighted by Gasteiger charge is -2.22. The van der Waals surface area contributed by atoms with E-state index in [0.29, 0.717) is 0 Å². The minimum absolute atomic E-state index is 0.0616. The number of carbonyl (C=O) groups is 3. The van der Waals surface area contributed by atoms with E-state index in [1.165, 1.54) is 0 Å². The highest BCUT2D eigenvalue weighted by atomic mass is 19.4. The molecule has 1 aliphatic carbocycles. The highest BCUT2D eigenvalue weighted by Crippen LogP contribution is 2.44. The number of carboxylic acid groups (broad SMARTS) is 1. The number of aliphatic carboxylic acids is 1. The van der Waals surface area contributed by atoms with Crippen molar-refractivity contribution in [3.8, 4) is 11.1 Å². The zero-order chi connectivity index (χ0) is 25.2. The summed E-state index contributed by atoms with van der Waals surface area (Å²) in [6.45, 7) is -0.614. The Balaban J connectivity index is 1.35. The Bertz CT molecular complexity index is 1080. The number of alkyl halides is 3. The summed E-state index contributed by atoms with van der Waals surface area (Å²) in [6, 6.07) is 12.1. The Morgan fingerprint density at radius 1 is 1.06 bits per heavy atom. The fraction of sp³-hybridized carbons (Fsp3) is 0.375. The molecule has 1 fully saturated rings. The van der Waals surface area contributed by atoms with Gasteiger partial charge in [-0.3, -0.25) is 9.59 Å². The van der Waals surface area contributed by atoms with Crippen molar-refractivity contribution >= 4 is 18.0 Å². The summed E-state index contributed by atoms with van der Waals surface area (Å²) in [6.07, 6.45) is -7.13. The quantitative estimate of drug-likeness (QED) is 0.548. The van der Waals surface area contributed by atoms with Gasteiger partial charge in [0.05, 0.1) is 18.6 Å². The van der Waals surface area contributed by atoms with Crippen molar-refractivity contribution < 1.29 is 42.1 Å². The van der Waals surface area contributed by atoms with Crippen molar-refractivity contribution in [3.05, 3.63) is 59.7 Å². The average Bonchev–Trinajstić information content (AvgIpc) is 3.42. The maximum atomic E-state index is 13.5. The van der Waals surface area contributed by atoms with E-state index in [-0.39, 0.29) is 32.1 Å². The molecule has 4 rings (SSSR count). The number of nitrogens with one attached hydrogen (secondary N) is 2. The molecular formula is C24H23F3N2O6. The maximum Gasteiger partial charge on any atom is 0.417 e. The van der Waals surface area contributed by atoms with Crippen molar-refractivity contribution in [1.29, 1.82) is 0 Å². The summed E-state index contributed by atoms with van der Waals surface area (Å²) in [5.74, 6) is -3.71. The van der Waals surface area contributed by atoms with E-state index in [1.807, 2.05) is 48.5 Å². The Hall–Kier alpha value is -3.60. The molecule has 2 aromatic rings. The molecule has 3 unspecified atom stereocenters. The van der Waals surface area contributed by atoms with Gasteiger partial charge in [0.2, 0.25) is 6.04 Å². The Labute approximate surface area is 198 Å². The van der Waals surface area contributed by atoms with Crippen LogP contribution in [0.15, 0.2) is 48.5 Å². The molecule has 35 heavy (non-hydrogen) atoms. The molecule has 1 aliphatic heterocycles. The molecular weight excluding hydrogens is 469 g/mol. The first-order valence-electron chi connectivity index (χ1n) is 11.0. The van der Waals surface area contributed by atoms with E-state index in [2.05, 4.69) is 5.32 Å². The van der Waals surface area contributed by atoms with Crippen LogP contribution in [0.3, 0.4) is 0 Å². The van der Waals surface area contributed by atoms with Gasteiger partial charge in [0.1, 0.15) is 6.61 Å². The van der Waals surface area contributed by atoms with Gasteiger partial charge in [-0.05, 0) is 28.7 Å². The first kappa shape index (κ1) is 24.5. The Morgan fingerprint density at radius 2 is 1.66 bits per heavy atom. The number of fused-ring (bicyclic) bond motifs is 3. The maximum absolute atomic E-state index is 13.5. The highest BCUT2D eigenvalue weighted by molar-refractivity contribution is 5.86. The second kappa shape index (κ2) is 9.95. The van der Waals surface area contributed by atoms with Crippen molar-refractivity contribution in [1.82, 2.24) is 10.6 Å². The molecule has 1 heterocycles. The van der Waals surface area contributed by atoms with Crippen molar-refractivity contribution in [2.45, 2.75) is 30.7 Å². The molecule has 1 saturated heterocycles. The lowest BCUT2D eigenvalue weighted by molar-refractivity contribution is -0.167. The minimum atomic E-state index is -5.07. The van der Waals surface area contributed by atoms with Crippen LogP contribution < -0.4 is 10.6 Å². The van der Waals surface area contributed by atoms with Crippen molar-refractivity contribution in [2.75, 3.05) is 19.8 Å². The number of halogens is 3. The topological polar surface area (TPSA) is 114 Å². The largest absolute Gasteiger partial charge is 0.481 e. The average molecular weight is 492 g/mol. The summed E-state index contributed by atoms with van der Waals surface area (Å²) >= 11 is 0. The molecule has 0 radical (unpaired) electrons. The third-order valence-corrected chi connectivity index (χ3v) is 6.13. The molecule has 3 atom stereocenters. The lowest BCUT2D eigenvalue weighted by atomic mass is 9.98. The van der Waals surface area contributed by atoms with Crippen LogP contribution in [0.25, 0.3) is 11.1 Å². The normalized spacial score (nSPS) is 20.0. The Morgan fingerprint density at radius 3 is 2.20 bits per heavy atom. The third kappa shape index (κ3) is 5.40. The third-order valence-electron chi connectivity index (χ3n) is 6.13. The molecule has 2 aliphatic rings. The number of ether oxygens (including phenoxy) is 2. The molecule has 0 saturated carbocycles. The van der Waals surface area contributed by atoms with Crippen LogP contribution in [0.4, 0.5) is 18.0 Å². The zero-order valence-corrected chi connectivity index (χ0v) is 18.4. The second-order valence-corrected chi connectivity index (χ2v) is 8.42. The number of carboxylic acids is 1. The zero-order valence-electron chi connectivity index (χ0n) is 18.4. The van der Waals surface area contributed by atoms with Crippen molar-refractivity contribution in [3.63, 3.8) is 0 Å². The first-order valence-corrected chi connectivity index (χ1v) is 11.0. The molecule has 0 aromatic heterocycles. The molecule has 2 aromatic carbocycles. The van der Waals surface area contributed by atoms with E-state index < -0.39 is 42.2 Å². The molecule has 0 bridgehead atoms. The number of hydrogen-bond donors (Lipinski definition) is 3. The molecule has 11 heteroatoms. The molecule has 0 spiro atoms. The smallest absolute Gasteiger partial charge is 0.417 e. The van der Waals surface area contributed by atoms with E-state index in [9.17, 15) is 27.6 Å². The van der Waals surface area contributed by atoms with Gasteiger partial charge in [0, 0.05) is 12.5 Å². The summed E-state index contributed by atoms with van der Waals surface area (Å²) in [5.41, 5.74) is 3.71. The van der Waals surface area contributed by atoms with Crippen LogP contribution in [0.1, 0.15) is 23.5 Å². The number of alkyl carbamates (subject to hydrolysis) is 1. The van der Waals surface area contributed by atoms with Gasteiger partial charge in [0.25, 0.3) is 5.91 Å². The van der Waals surface area contributed by atoms with Crippen molar-refractivity contribution in [2.24, 2.45) is 5.92 Å². The first-order chi connectivity index (χ1) is 16.6. The number of amides is 2. The van der Waals surface area contributed by atoms with E-state index in [0.717, 1.165) is 22.3 Å². The van der Waals surface area contributed by atoms with Gasteiger partial charge in [-0.25, -0.2) is 4.79 Å². The number of rotatable bonds is 7. The summed E-state index contributed by atoms with van der Waals surface area (Å²) in [4.78, 5) is 35.4. The van der Waals surface area contributed by atoms with E-state index >= 15 is 0 Å². The summed E-state index contributed by atoms with van der Waals surface area (Å²) in [5, 5.41) is 12.6. The summed E-state index contributed by atoms with van der Waals surface area (Å²) < 4.78 is 50.8. The van der Waals surface area contributed by atoms with E-state index in [1.54, 1.807) is 5.32 Å².